The van der Waals surface area contributed by atoms with Crippen LogP contribution < -0.4 is 15.2 Å². The predicted molar refractivity (Wildman–Crippen MR) is 80.7 cm³/mol. The number of benzene rings is 1. The Balaban J connectivity index is 2.90. The van der Waals surface area contributed by atoms with Crippen LogP contribution in [0.1, 0.15) is 38.7 Å². The summed E-state index contributed by atoms with van der Waals surface area (Å²) in [6.45, 7) is 6.28. The molecule has 0 atom stereocenters. The fourth-order valence-corrected chi connectivity index (χ4v) is 2.29. The van der Waals surface area contributed by atoms with E-state index in [1.165, 1.54) is 18.2 Å². The van der Waals surface area contributed by atoms with E-state index >= 15 is 0 Å². The van der Waals surface area contributed by atoms with Gasteiger partial charge >= 0.3 is 0 Å². The van der Waals surface area contributed by atoms with Gasteiger partial charge in [-0.25, -0.2) is 13.6 Å². The van der Waals surface area contributed by atoms with Crippen LogP contribution in [0.5, 0.6) is 5.75 Å². The van der Waals surface area contributed by atoms with Crippen molar-refractivity contribution in [1.29, 1.82) is 0 Å². The molecule has 3 N–H and O–H groups in total. The Morgan fingerprint density at radius 3 is 2.57 bits per heavy atom. The third kappa shape index (κ3) is 5.35. The average Bonchev–Trinajstić information content (AvgIpc) is 2.41. The van der Waals surface area contributed by atoms with Crippen molar-refractivity contribution < 1.29 is 17.9 Å². The van der Waals surface area contributed by atoms with Gasteiger partial charge in [-0.05, 0) is 36.1 Å². The maximum Gasteiger partial charge on any atom is 0.257 e. The lowest BCUT2D eigenvalue weighted by molar-refractivity contribution is -0.123. The second kappa shape index (κ2) is 7.42. The summed E-state index contributed by atoms with van der Waals surface area (Å²) in [4.78, 5) is 11.6. The third-order valence-electron chi connectivity index (χ3n) is 2.86. The molecule has 0 unspecified atom stereocenters. The van der Waals surface area contributed by atoms with E-state index < -0.39 is 10.0 Å². The molecule has 0 aliphatic rings. The summed E-state index contributed by atoms with van der Waals surface area (Å²) in [5.41, 5.74) is 0.699. The molecule has 0 saturated carbocycles. The zero-order valence-corrected chi connectivity index (χ0v) is 13.4. The molecule has 0 spiro atoms. The van der Waals surface area contributed by atoms with Gasteiger partial charge in [0.1, 0.15) is 5.75 Å². The molecule has 0 aliphatic heterocycles. The molecule has 0 radical (unpaired) electrons. The van der Waals surface area contributed by atoms with Crippen LogP contribution in [-0.2, 0) is 14.8 Å². The van der Waals surface area contributed by atoms with E-state index in [0.717, 1.165) is 6.42 Å². The molecule has 1 aromatic carbocycles. The summed E-state index contributed by atoms with van der Waals surface area (Å²) in [6, 6.07) is 4.39. The molecule has 1 aromatic rings. The predicted octanol–water partition coefficient (Wildman–Crippen LogP) is 1.36. The minimum atomic E-state index is -3.75. The number of nitrogens with one attached hydrogen (secondary N) is 1. The zero-order valence-electron chi connectivity index (χ0n) is 12.5. The first-order valence-electron chi connectivity index (χ1n) is 6.82. The minimum Gasteiger partial charge on any atom is -0.483 e. The Morgan fingerprint density at radius 2 is 2.05 bits per heavy atom. The molecule has 1 rings (SSSR count). The quantitative estimate of drug-likeness (QED) is 0.794. The number of carbonyl (C=O) groups excluding carboxylic acids is 1. The monoisotopic (exact) mass is 314 g/mol. The van der Waals surface area contributed by atoms with Gasteiger partial charge in [-0.3, -0.25) is 4.79 Å². The first-order chi connectivity index (χ1) is 9.75. The molecule has 0 aliphatic carbocycles. The summed E-state index contributed by atoms with van der Waals surface area (Å²) in [5, 5.41) is 7.83. The van der Waals surface area contributed by atoms with Crippen LogP contribution in [0.15, 0.2) is 23.1 Å². The minimum absolute atomic E-state index is 0.0361. The molecule has 0 aromatic heterocycles. The van der Waals surface area contributed by atoms with Crippen molar-refractivity contribution >= 4 is 15.9 Å². The van der Waals surface area contributed by atoms with Crippen molar-refractivity contribution in [3.8, 4) is 5.75 Å². The number of hydrogen-bond donors (Lipinski definition) is 2. The van der Waals surface area contributed by atoms with Crippen LogP contribution in [0, 0.1) is 0 Å². The van der Waals surface area contributed by atoms with Crippen LogP contribution in [0.4, 0.5) is 0 Å². The Labute approximate surface area is 125 Å². The van der Waals surface area contributed by atoms with E-state index in [0.29, 0.717) is 17.9 Å². The zero-order chi connectivity index (χ0) is 16.0. The second-order valence-electron chi connectivity index (χ2n) is 5.04. The topological polar surface area (TPSA) is 98.5 Å². The lowest BCUT2D eigenvalue weighted by Gasteiger charge is -2.15. The Kier molecular flexibility index (Phi) is 6.17. The fourth-order valence-electron chi connectivity index (χ4n) is 1.74. The first kappa shape index (κ1) is 17.5. The molecule has 1 amide bonds. The average molecular weight is 314 g/mol. The normalized spacial score (nSPS) is 11.5. The van der Waals surface area contributed by atoms with E-state index in [2.05, 4.69) is 5.32 Å². The largest absolute Gasteiger partial charge is 0.483 e. The van der Waals surface area contributed by atoms with Crippen LogP contribution in [0.3, 0.4) is 0 Å². The highest BCUT2D eigenvalue weighted by Crippen LogP contribution is 2.28. The number of rotatable bonds is 7. The SMILES string of the molecule is CCCNC(=O)COc1ccc(S(N)(=O)=O)cc1C(C)C. The molecule has 0 bridgehead atoms. The number of hydrogen-bond acceptors (Lipinski definition) is 4. The van der Waals surface area contributed by atoms with Crippen molar-refractivity contribution in [2.24, 2.45) is 5.14 Å². The van der Waals surface area contributed by atoms with Gasteiger partial charge in [0.25, 0.3) is 5.91 Å². The number of primary sulfonamides is 1. The molecule has 6 nitrogen and oxygen atoms in total. The Bertz CT molecular complexity index is 597. The van der Waals surface area contributed by atoms with Gasteiger partial charge < -0.3 is 10.1 Å². The lowest BCUT2D eigenvalue weighted by atomic mass is 10.0. The fraction of sp³-hybridized carbons (Fsp3) is 0.500. The summed E-state index contributed by atoms with van der Waals surface area (Å²) in [5.74, 6) is 0.325. The summed E-state index contributed by atoms with van der Waals surface area (Å²) >= 11 is 0. The molecular weight excluding hydrogens is 292 g/mol. The van der Waals surface area contributed by atoms with Gasteiger partial charge in [-0.1, -0.05) is 20.8 Å². The summed E-state index contributed by atoms with van der Waals surface area (Å²) in [7, 11) is -3.75. The molecule has 7 heteroatoms. The van der Waals surface area contributed by atoms with Crippen molar-refractivity contribution in [2.45, 2.75) is 38.0 Å². The number of carbonyl (C=O) groups is 1. The third-order valence-corrected chi connectivity index (χ3v) is 3.77. The molecule has 0 saturated heterocycles. The van der Waals surface area contributed by atoms with Crippen molar-refractivity contribution in [2.75, 3.05) is 13.2 Å². The Hall–Kier alpha value is -1.60. The highest BCUT2D eigenvalue weighted by atomic mass is 32.2. The van der Waals surface area contributed by atoms with E-state index in [1.807, 2.05) is 20.8 Å². The van der Waals surface area contributed by atoms with Crippen molar-refractivity contribution in [3.63, 3.8) is 0 Å². The van der Waals surface area contributed by atoms with Gasteiger partial charge in [0.15, 0.2) is 6.61 Å². The molecule has 0 heterocycles. The standard InChI is InChI=1S/C14H22N2O4S/c1-4-7-16-14(17)9-20-13-6-5-11(21(15,18)19)8-12(13)10(2)3/h5-6,8,10H,4,7,9H2,1-3H3,(H,16,17)(H2,15,18,19). The maximum absolute atomic E-state index is 11.5. The number of ether oxygens (including phenoxy) is 1. The van der Waals surface area contributed by atoms with E-state index in [-0.39, 0.29) is 23.3 Å². The van der Waals surface area contributed by atoms with E-state index in [4.69, 9.17) is 9.88 Å². The van der Waals surface area contributed by atoms with Gasteiger partial charge in [-0.2, -0.15) is 0 Å². The first-order valence-corrected chi connectivity index (χ1v) is 8.36. The molecule has 0 fully saturated rings. The van der Waals surface area contributed by atoms with E-state index in [9.17, 15) is 13.2 Å². The maximum atomic E-state index is 11.5. The van der Waals surface area contributed by atoms with E-state index in [1.54, 1.807) is 0 Å². The van der Waals surface area contributed by atoms with Gasteiger partial charge in [-0.15, -0.1) is 0 Å². The van der Waals surface area contributed by atoms with Gasteiger partial charge in [0.05, 0.1) is 4.90 Å². The van der Waals surface area contributed by atoms with Crippen LogP contribution in [-0.4, -0.2) is 27.5 Å². The highest BCUT2D eigenvalue weighted by Gasteiger charge is 2.15. The van der Waals surface area contributed by atoms with Crippen molar-refractivity contribution in [1.82, 2.24) is 5.32 Å². The molecule has 21 heavy (non-hydrogen) atoms. The van der Waals surface area contributed by atoms with Crippen LogP contribution in [0.25, 0.3) is 0 Å². The summed E-state index contributed by atoms with van der Waals surface area (Å²) in [6.07, 6.45) is 0.853. The number of nitrogens with two attached hydrogens (primary N) is 1. The second-order valence-corrected chi connectivity index (χ2v) is 6.60. The van der Waals surface area contributed by atoms with Gasteiger partial charge in [0, 0.05) is 6.54 Å². The van der Waals surface area contributed by atoms with Crippen LogP contribution >= 0.6 is 0 Å². The van der Waals surface area contributed by atoms with Crippen molar-refractivity contribution in [3.05, 3.63) is 23.8 Å². The lowest BCUT2D eigenvalue weighted by Crippen LogP contribution is -2.29. The Morgan fingerprint density at radius 1 is 1.38 bits per heavy atom. The number of sulfonamides is 1. The smallest absolute Gasteiger partial charge is 0.257 e. The highest BCUT2D eigenvalue weighted by molar-refractivity contribution is 7.89. The number of amides is 1. The molecular formula is C14H22N2O4S. The van der Waals surface area contributed by atoms with Crippen LogP contribution in [0.2, 0.25) is 0 Å². The summed E-state index contributed by atoms with van der Waals surface area (Å²) < 4.78 is 28.2. The van der Waals surface area contributed by atoms with Gasteiger partial charge in [0.2, 0.25) is 10.0 Å². The molecule has 118 valence electrons.